The summed E-state index contributed by atoms with van der Waals surface area (Å²) in [6.45, 7) is 0. The summed E-state index contributed by atoms with van der Waals surface area (Å²) in [5.41, 5.74) is 4.67. The Balaban J connectivity index is 1.85. The first kappa shape index (κ1) is 16.4. The third kappa shape index (κ3) is 2.97. The SMILES string of the molecule is COc1ccc2c(Cc3cc(C(=O)O)cs3)c(-c3ccccc3)[nH]c2c1. The van der Waals surface area contributed by atoms with Gasteiger partial charge in [0.25, 0.3) is 0 Å². The van der Waals surface area contributed by atoms with Gasteiger partial charge >= 0.3 is 5.97 Å². The van der Waals surface area contributed by atoms with Crippen molar-refractivity contribution >= 4 is 28.2 Å². The fourth-order valence-electron chi connectivity index (χ4n) is 3.16. The third-order valence-electron chi connectivity index (χ3n) is 4.43. The summed E-state index contributed by atoms with van der Waals surface area (Å²) >= 11 is 1.48. The van der Waals surface area contributed by atoms with Gasteiger partial charge in [0.05, 0.1) is 18.4 Å². The topological polar surface area (TPSA) is 62.3 Å². The number of thiophene rings is 1. The number of methoxy groups -OCH3 is 1. The predicted octanol–water partition coefficient (Wildman–Crippen LogP) is 5.19. The molecule has 0 saturated carbocycles. The van der Waals surface area contributed by atoms with Crippen LogP contribution in [0.25, 0.3) is 22.2 Å². The van der Waals surface area contributed by atoms with Crippen molar-refractivity contribution in [2.45, 2.75) is 6.42 Å². The predicted molar refractivity (Wildman–Crippen MR) is 104 cm³/mol. The number of aromatic carboxylic acids is 1. The van der Waals surface area contributed by atoms with Crippen LogP contribution in [0.3, 0.4) is 0 Å². The summed E-state index contributed by atoms with van der Waals surface area (Å²) in [4.78, 5) is 15.7. The van der Waals surface area contributed by atoms with E-state index in [2.05, 4.69) is 23.2 Å². The number of fused-ring (bicyclic) bond motifs is 1. The van der Waals surface area contributed by atoms with Gasteiger partial charge in [0.2, 0.25) is 0 Å². The fraction of sp³-hybridized carbons (Fsp3) is 0.0952. The van der Waals surface area contributed by atoms with E-state index in [0.717, 1.165) is 38.4 Å². The molecule has 4 nitrogen and oxygen atoms in total. The highest BCUT2D eigenvalue weighted by molar-refractivity contribution is 7.10. The Hall–Kier alpha value is -3.05. The summed E-state index contributed by atoms with van der Waals surface area (Å²) in [5.74, 6) is -0.0892. The van der Waals surface area contributed by atoms with Crippen LogP contribution in [-0.2, 0) is 6.42 Å². The monoisotopic (exact) mass is 363 g/mol. The second-order valence-electron chi connectivity index (χ2n) is 6.04. The van der Waals surface area contributed by atoms with E-state index in [0.29, 0.717) is 12.0 Å². The molecular formula is C21H17NO3S. The minimum atomic E-state index is -0.889. The number of aromatic amines is 1. The van der Waals surface area contributed by atoms with Gasteiger partial charge in [0.15, 0.2) is 0 Å². The van der Waals surface area contributed by atoms with E-state index >= 15 is 0 Å². The number of ether oxygens (including phenoxy) is 1. The lowest BCUT2D eigenvalue weighted by atomic mass is 10.0. The molecule has 2 aromatic carbocycles. The summed E-state index contributed by atoms with van der Waals surface area (Å²) in [7, 11) is 1.65. The molecular weight excluding hydrogens is 346 g/mol. The Labute approximate surface area is 154 Å². The van der Waals surface area contributed by atoms with Crippen molar-refractivity contribution < 1.29 is 14.6 Å². The van der Waals surface area contributed by atoms with Crippen molar-refractivity contribution in [2.75, 3.05) is 7.11 Å². The van der Waals surface area contributed by atoms with Crippen molar-refractivity contribution in [3.8, 4) is 17.0 Å². The highest BCUT2D eigenvalue weighted by Crippen LogP contribution is 2.34. The van der Waals surface area contributed by atoms with Crippen LogP contribution in [0.2, 0.25) is 0 Å². The maximum Gasteiger partial charge on any atom is 0.336 e. The average molecular weight is 363 g/mol. The number of nitrogens with one attached hydrogen (secondary N) is 1. The molecule has 0 unspecified atom stereocenters. The van der Waals surface area contributed by atoms with E-state index in [4.69, 9.17) is 4.74 Å². The standard InChI is InChI=1S/C21H17NO3S/c1-25-15-7-8-17-18(11-16-9-14(12-26-16)21(23)24)20(22-19(17)10-15)13-5-3-2-4-6-13/h2-10,12,22H,11H2,1H3,(H,23,24). The number of carbonyl (C=O) groups is 1. The Bertz CT molecular complexity index is 1080. The lowest BCUT2D eigenvalue weighted by molar-refractivity contribution is 0.0697. The number of hydrogen-bond donors (Lipinski definition) is 2. The second kappa shape index (κ2) is 6.69. The fourth-order valence-corrected chi connectivity index (χ4v) is 4.03. The van der Waals surface area contributed by atoms with Gasteiger partial charge < -0.3 is 14.8 Å². The van der Waals surface area contributed by atoms with Gasteiger partial charge in [-0.3, -0.25) is 0 Å². The van der Waals surface area contributed by atoms with Gasteiger partial charge in [0, 0.05) is 33.6 Å². The highest BCUT2D eigenvalue weighted by atomic mass is 32.1. The molecule has 2 heterocycles. The van der Waals surface area contributed by atoms with E-state index in [1.54, 1.807) is 18.6 Å². The summed E-state index contributed by atoms with van der Waals surface area (Å²) < 4.78 is 5.34. The zero-order valence-electron chi connectivity index (χ0n) is 14.2. The Kier molecular flexibility index (Phi) is 4.22. The van der Waals surface area contributed by atoms with Gasteiger partial charge in [-0.2, -0.15) is 0 Å². The van der Waals surface area contributed by atoms with E-state index < -0.39 is 5.97 Å². The molecule has 0 aliphatic heterocycles. The minimum Gasteiger partial charge on any atom is -0.497 e. The summed E-state index contributed by atoms with van der Waals surface area (Å²) in [5, 5.41) is 12.0. The van der Waals surface area contributed by atoms with Crippen LogP contribution < -0.4 is 4.74 Å². The van der Waals surface area contributed by atoms with E-state index in [1.165, 1.54) is 11.3 Å². The lowest BCUT2D eigenvalue weighted by Gasteiger charge is -2.04. The van der Waals surface area contributed by atoms with Crippen LogP contribution in [0.4, 0.5) is 0 Å². The molecule has 130 valence electrons. The number of H-pyrrole nitrogens is 1. The molecule has 2 N–H and O–H groups in total. The molecule has 0 aliphatic rings. The molecule has 4 aromatic rings. The Morgan fingerprint density at radius 1 is 1.15 bits per heavy atom. The van der Waals surface area contributed by atoms with Crippen LogP contribution in [-0.4, -0.2) is 23.2 Å². The molecule has 4 rings (SSSR count). The largest absolute Gasteiger partial charge is 0.497 e. The quantitative estimate of drug-likeness (QED) is 0.513. The molecule has 0 bridgehead atoms. The molecule has 5 heteroatoms. The van der Waals surface area contributed by atoms with Crippen molar-refractivity contribution in [3.63, 3.8) is 0 Å². The van der Waals surface area contributed by atoms with Crippen LogP contribution in [0.5, 0.6) is 5.75 Å². The molecule has 0 spiro atoms. The summed E-state index contributed by atoms with van der Waals surface area (Å²) in [6.07, 6.45) is 0.675. The molecule has 0 saturated heterocycles. The molecule has 2 aromatic heterocycles. The summed E-state index contributed by atoms with van der Waals surface area (Å²) in [6, 6.07) is 17.9. The highest BCUT2D eigenvalue weighted by Gasteiger charge is 2.16. The van der Waals surface area contributed by atoms with Gasteiger partial charge in [-0.25, -0.2) is 4.79 Å². The average Bonchev–Trinajstić information content (AvgIpc) is 3.27. The number of aromatic nitrogens is 1. The third-order valence-corrected chi connectivity index (χ3v) is 5.36. The van der Waals surface area contributed by atoms with Crippen LogP contribution >= 0.6 is 11.3 Å². The van der Waals surface area contributed by atoms with Crippen LogP contribution in [0, 0.1) is 0 Å². The molecule has 0 atom stereocenters. The number of hydrogen-bond acceptors (Lipinski definition) is 3. The van der Waals surface area contributed by atoms with E-state index in [-0.39, 0.29) is 0 Å². The molecule has 0 aliphatic carbocycles. The first-order valence-electron chi connectivity index (χ1n) is 8.20. The molecule has 0 amide bonds. The van der Waals surface area contributed by atoms with Crippen molar-refractivity contribution in [1.29, 1.82) is 0 Å². The maximum atomic E-state index is 11.2. The lowest BCUT2D eigenvalue weighted by Crippen LogP contribution is -1.93. The second-order valence-corrected chi connectivity index (χ2v) is 7.04. The molecule has 0 fully saturated rings. The Morgan fingerprint density at radius 2 is 1.96 bits per heavy atom. The smallest absolute Gasteiger partial charge is 0.336 e. The van der Waals surface area contributed by atoms with Crippen LogP contribution in [0.1, 0.15) is 20.8 Å². The molecule has 0 radical (unpaired) electrons. The number of carboxylic acids is 1. The maximum absolute atomic E-state index is 11.2. The number of carboxylic acid groups (broad SMARTS) is 1. The van der Waals surface area contributed by atoms with Gasteiger partial charge in [0.1, 0.15) is 5.75 Å². The molecule has 26 heavy (non-hydrogen) atoms. The van der Waals surface area contributed by atoms with Crippen molar-refractivity contribution in [1.82, 2.24) is 4.98 Å². The van der Waals surface area contributed by atoms with Crippen LogP contribution in [0.15, 0.2) is 60.0 Å². The van der Waals surface area contributed by atoms with E-state index in [1.807, 2.05) is 30.3 Å². The van der Waals surface area contributed by atoms with Crippen molar-refractivity contribution in [2.24, 2.45) is 0 Å². The zero-order valence-corrected chi connectivity index (χ0v) is 15.0. The van der Waals surface area contributed by atoms with Gasteiger partial charge in [-0.1, -0.05) is 30.3 Å². The zero-order chi connectivity index (χ0) is 18.1. The van der Waals surface area contributed by atoms with E-state index in [9.17, 15) is 9.90 Å². The number of rotatable bonds is 5. The Morgan fingerprint density at radius 3 is 2.65 bits per heavy atom. The van der Waals surface area contributed by atoms with Gasteiger partial charge in [-0.05, 0) is 29.3 Å². The minimum absolute atomic E-state index is 0.341. The first-order valence-corrected chi connectivity index (χ1v) is 9.08. The van der Waals surface area contributed by atoms with Crippen molar-refractivity contribution in [3.05, 3.63) is 76.0 Å². The normalized spacial score (nSPS) is 11.0. The van der Waals surface area contributed by atoms with Gasteiger partial charge in [-0.15, -0.1) is 11.3 Å². The first-order chi connectivity index (χ1) is 12.7. The number of benzene rings is 2.